The second-order valence-electron chi connectivity index (χ2n) is 6.34. The fraction of sp³-hybridized carbons (Fsp3) is 0.450. The van der Waals surface area contributed by atoms with Crippen molar-refractivity contribution in [2.45, 2.75) is 19.6 Å². The molecule has 0 saturated heterocycles. The molecule has 0 bridgehead atoms. The maximum absolute atomic E-state index is 5.74. The molecule has 0 saturated carbocycles. The average molecular weight is 565 g/mol. The summed E-state index contributed by atoms with van der Waals surface area (Å²) >= 11 is 3.51. The maximum atomic E-state index is 5.74. The number of nitrogens with zero attached hydrogens (tertiary/aromatic N) is 3. The topological polar surface area (TPSA) is 51.0 Å². The van der Waals surface area contributed by atoms with Crippen molar-refractivity contribution in [1.82, 2.24) is 14.8 Å². The first kappa shape index (κ1) is 24.8. The van der Waals surface area contributed by atoms with Crippen molar-refractivity contribution in [2.24, 2.45) is 12.0 Å². The van der Waals surface area contributed by atoms with Gasteiger partial charge in [0.1, 0.15) is 5.75 Å². The lowest BCUT2D eigenvalue weighted by Gasteiger charge is -2.22. The Balaban J connectivity index is 0.00000392. The molecule has 6 nitrogen and oxygen atoms in total. The van der Waals surface area contributed by atoms with Crippen molar-refractivity contribution in [3.8, 4) is 5.75 Å². The van der Waals surface area contributed by atoms with E-state index in [9.17, 15) is 0 Å². The van der Waals surface area contributed by atoms with Crippen LogP contribution in [0.3, 0.4) is 0 Å². The van der Waals surface area contributed by atoms with Gasteiger partial charge in [0, 0.05) is 50.7 Å². The van der Waals surface area contributed by atoms with Crippen LogP contribution >= 0.6 is 39.9 Å². The Kier molecular flexibility index (Phi) is 11.6. The number of hydrogen-bond acceptors (Lipinski definition) is 3. The highest BCUT2D eigenvalue weighted by Gasteiger charge is 2.09. The molecule has 1 heterocycles. The number of methoxy groups -OCH3 is 1. The minimum Gasteiger partial charge on any atom is -0.497 e. The Morgan fingerprint density at radius 1 is 1.29 bits per heavy atom. The van der Waals surface area contributed by atoms with Crippen molar-refractivity contribution in [2.75, 3.05) is 34.4 Å². The number of nitrogens with one attached hydrogen (secondary N) is 1. The standard InChI is InChI=1S/C20H29BrN4O2.HI/c1-22-20(25(3)14-18-12-17(21)13-24(18)2)23-10-5-11-27-15-16-6-8-19(26-4)9-7-16;/h6-9,12-13H,5,10-11,14-15H2,1-4H3,(H,22,23);1H. The fourth-order valence-corrected chi connectivity index (χ4v) is 3.28. The Labute approximate surface area is 193 Å². The third-order valence-corrected chi connectivity index (χ3v) is 4.66. The molecular weight excluding hydrogens is 535 g/mol. The first-order valence-corrected chi connectivity index (χ1v) is 9.76. The number of ether oxygens (including phenoxy) is 2. The molecule has 1 aromatic carbocycles. The molecule has 0 radical (unpaired) electrons. The van der Waals surface area contributed by atoms with Gasteiger partial charge in [0.05, 0.1) is 20.3 Å². The van der Waals surface area contributed by atoms with Crippen molar-refractivity contribution in [3.63, 3.8) is 0 Å². The molecule has 156 valence electrons. The number of aromatic nitrogens is 1. The van der Waals surface area contributed by atoms with Gasteiger partial charge in [-0.05, 0) is 46.1 Å². The minimum absolute atomic E-state index is 0. The SMILES string of the molecule is CN=C(NCCCOCc1ccc(OC)cc1)N(C)Cc1cc(Br)cn1C.I. The van der Waals surface area contributed by atoms with Crippen LogP contribution < -0.4 is 10.1 Å². The quantitative estimate of drug-likeness (QED) is 0.216. The minimum atomic E-state index is 0. The number of halogens is 2. The average Bonchev–Trinajstić information content (AvgIpc) is 2.98. The van der Waals surface area contributed by atoms with Crippen molar-refractivity contribution < 1.29 is 9.47 Å². The summed E-state index contributed by atoms with van der Waals surface area (Å²) in [7, 11) is 7.56. The predicted octanol–water partition coefficient (Wildman–Crippen LogP) is 4.03. The summed E-state index contributed by atoms with van der Waals surface area (Å²) in [4.78, 5) is 6.47. The van der Waals surface area contributed by atoms with Crippen LogP contribution in [-0.4, -0.2) is 49.8 Å². The second-order valence-corrected chi connectivity index (χ2v) is 7.26. The molecular formula is C20H30BrIN4O2. The summed E-state index contributed by atoms with van der Waals surface area (Å²) in [5.41, 5.74) is 2.36. The molecule has 0 atom stereocenters. The van der Waals surface area contributed by atoms with E-state index in [1.807, 2.05) is 38.4 Å². The summed E-state index contributed by atoms with van der Waals surface area (Å²) in [6.45, 7) is 2.91. The van der Waals surface area contributed by atoms with Crippen LogP contribution in [0.25, 0.3) is 0 Å². The number of aryl methyl sites for hydroxylation is 1. The summed E-state index contributed by atoms with van der Waals surface area (Å²) in [5, 5.41) is 3.39. The number of rotatable bonds is 9. The van der Waals surface area contributed by atoms with Crippen LogP contribution in [0.1, 0.15) is 17.7 Å². The molecule has 0 spiro atoms. The molecule has 1 aromatic heterocycles. The maximum Gasteiger partial charge on any atom is 0.193 e. The van der Waals surface area contributed by atoms with Gasteiger partial charge in [-0.1, -0.05) is 12.1 Å². The molecule has 0 aliphatic heterocycles. The van der Waals surface area contributed by atoms with E-state index in [2.05, 4.69) is 48.0 Å². The lowest BCUT2D eigenvalue weighted by Crippen LogP contribution is -2.39. The highest BCUT2D eigenvalue weighted by atomic mass is 127. The van der Waals surface area contributed by atoms with Crippen LogP contribution in [0.5, 0.6) is 5.75 Å². The third kappa shape index (κ3) is 8.00. The number of benzene rings is 1. The van der Waals surface area contributed by atoms with E-state index in [-0.39, 0.29) is 24.0 Å². The Morgan fingerprint density at radius 3 is 2.57 bits per heavy atom. The highest BCUT2D eigenvalue weighted by Crippen LogP contribution is 2.15. The van der Waals surface area contributed by atoms with E-state index < -0.39 is 0 Å². The summed E-state index contributed by atoms with van der Waals surface area (Å²) < 4.78 is 14.1. The molecule has 0 aliphatic rings. The third-order valence-electron chi connectivity index (χ3n) is 4.22. The number of aliphatic imine (C=N–C) groups is 1. The molecule has 2 aromatic rings. The van der Waals surface area contributed by atoms with Gasteiger partial charge in [-0.25, -0.2) is 0 Å². The Bertz CT molecular complexity index is 734. The van der Waals surface area contributed by atoms with Gasteiger partial charge in [0.15, 0.2) is 5.96 Å². The largest absolute Gasteiger partial charge is 0.497 e. The molecule has 2 rings (SSSR count). The van der Waals surface area contributed by atoms with Gasteiger partial charge >= 0.3 is 0 Å². The number of guanidine groups is 1. The zero-order valence-corrected chi connectivity index (χ0v) is 20.9. The molecule has 0 unspecified atom stereocenters. The molecule has 1 N–H and O–H groups in total. The smallest absolute Gasteiger partial charge is 0.193 e. The van der Waals surface area contributed by atoms with Gasteiger partial charge in [0.2, 0.25) is 0 Å². The van der Waals surface area contributed by atoms with E-state index >= 15 is 0 Å². The normalized spacial score (nSPS) is 11.1. The molecule has 0 fully saturated rings. The van der Waals surface area contributed by atoms with Crippen molar-refractivity contribution >= 4 is 45.9 Å². The van der Waals surface area contributed by atoms with Crippen molar-refractivity contribution in [3.05, 3.63) is 52.3 Å². The monoisotopic (exact) mass is 564 g/mol. The lowest BCUT2D eigenvalue weighted by molar-refractivity contribution is 0.119. The summed E-state index contributed by atoms with van der Waals surface area (Å²) in [5.74, 6) is 1.74. The van der Waals surface area contributed by atoms with Crippen LogP contribution in [0, 0.1) is 0 Å². The molecule has 0 aliphatic carbocycles. The van der Waals surface area contributed by atoms with E-state index in [0.717, 1.165) is 41.3 Å². The first-order chi connectivity index (χ1) is 13.0. The van der Waals surface area contributed by atoms with E-state index in [1.54, 1.807) is 14.2 Å². The zero-order chi connectivity index (χ0) is 19.6. The summed E-state index contributed by atoms with van der Waals surface area (Å²) in [6, 6.07) is 10.1. The zero-order valence-electron chi connectivity index (χ0n) is 16.9. The van der Waals surface area contributed by atoms with Gasteiger partial charge in [-0.3, -0.25) is 4.99 Å². The van der Waals surface area contributed by atoms with Crippen LogP contribution in [0.2, 0.25) is 0 Å². The first-order valence-electron chi connectivity index (χ1n) is 8.96. The Morgan fingerprint density at radius 2 is 2.00 bits per heavy atom. The van der Waals surface area contributed by atoms with Gasteiger partial charge in [-0.2, -0.15) is 0 Å². The van der Waals surface area contributed by atoms with Crippen molar-refractivity contribution in [1.29, 1.82) is 0 Å². The lowest BCUT2D eigenvalue weighted by atomic mass is 10.2. The van der Waals surface area contributed by atoms with E-state index in [4.69, 9.17) is 9.47 Å². The van der Waals surface area contributed by atoms with E-state index in [1.165, 1.54) is 5.69 Å². The second kappa shape index (κ2) is 13.1. The molecule has 0 amide bonds. The van der Waals surface area contributed by atoms with Crippen LogP contribution in [0.4, 0.5) is 0 Å². The summed E-state index contributed by atoms with van der Waals surface area (Å²) in [6.07, 6.45) is 2.97. The van der Waals surface area contributed by atoms with Gasteiger partial charge in [-0.15, -0.1) is 24.0 Å². The van der Waals surface area contributed by atoms with Crippen LogP contribution in [-0.2, 0) is 24.9 Å². The molecule has 28 heavy (non-hydrogen) atoms. The van der Waals surface area contributed by atoms with Gasteiger partial charge in [0.25, 0.3) is 0 Å². The van der Waals surface area contributed by atoms with Crippen LogP contribution in [0.15, 0.2) is 46.0 Å². The molecule has 8 heteroatoms. The fourth-order valence-electron chi connectivity index (χ4n) is 2.71. The number of hydrogen-bond donors (Lipinski definition) is 1. The highest BCUT2D eigenvalue weighted by molar-refractivity contribution is 14.0. The van der Waals surface area contributed by atoms with E-state index in [0.29, 0.717) is 13.2 Å². The predicted molar refractivity (Wildman–Crippen MR) is 129 cm³/mol. The Hall–Kier alpha value is -1.26. The van der Waals surface area contributed by atoms with Gasteiger partial charge < -0.3 is 24.3 Å².